The summed E-state index contributed by atoms with van der Waals surface area (Å²) in [5.74, 6) is 0.0603. The third-order valence-corrected chi connectivity index (χ3v) is 2.88. The predicted octanol–water partition coefficient (Wildman–Crippen LogP) is 4.81. The molecule has 0 bridgehead atoms. The van der Waals surface area contributed by atoms with Crippen molar-refractivity contribution in [3.8, 4) is 0 Å². The van der Waals surface area contributed by atoms with Crippen molar-refractivity contribution in [3.63, 3.8) is 0 Å². The number of hydrogen-bond donors (Lipinski definition) is 0. The molecule has 0 aromatic heterocycles. The molecule has 2 heteroatoms. The van der Waals surface area contributed by atoms with Gasteiger partial charge in [-0.3, -0.25) is 0 Å². The first-order valence-corrected chi connectivity index (χ1v) is 5.95. The quantitative estimate of drug-likeness (QED) is 0.673. The number of allylic oxidation sites excluding steroid dienone is 2. The Balaban J connectivity index is 3.25. The average molecular weight is 245 g/mol. The van der Waals surface area contributed by atoms with Crippen LogP contribution in [0.15, 0.2) is 55.4 Å². The lowest BCUT2D eigenvalue weighted by Crippen LogP contribution is -2.22. The number of halogens is 1. The van der Waals surface area contributed by atoms with E-state index in [0.717, 1.165) is 17.1 Å². The van der Waals surface area contributed by atoms with Crippen LogP contribution < -0.4 is 4.90 Å². The average Bonchev–Trinajstić information content (AvgIpc) is 2.33. The first-order valence-electron chi connectivity index (χ1n) is 5.95. The summed E-state index contributed by atoms with van der Waals surface area (Å²) in [6.45, 7) is 17.6. The zero-order valence-corrected chi connectivity index (χ0v) is 11.3. The third kappa shape index (κ3) is 2.89. The van der Waals surface area contributed by atoms with Crippen molar-refractivity contribution in [1.29, 1.82) is 0 Å². The molecule has 1 aromatic carbocycles. The van der Waals surface area contributed by atoms with E-state index in [0.29, 0.717) is 5.56 Å². The van der Waals surface area contributed by atoms with Crippen LogP contribution in [0.25, 0.3) is 0 Å². The summed E-state index contributed by atoms with van der Waals surface area (Å²) in [5, 5.41) is 0. The minimum absolute atomic E-state index is 0.210. The smallest absolute Gasteiger partial charge is 0.126 e. The minimum Gasteiger partial charge on any atom is -0.315 e. The number of benzene rings is 1. The maximum absolute atomic E-state index is 13.3. The van der Waals surface area contributed by atoms with Gasteiger partial charge in [-0.2, -0.15) is 0 Å². The molecule has 1 aromatic rings. The van der Waals surface area contributed by atoms with Crippen LogP contribution in [0.3, 0.4) is 0 Å². The highest BCUT2D eigenvalue weighted by molar-refractivity contribution is 5.60. The van der Waals surface area contributed by atoms with Crippen molar-refractivity contribution in [2.45, 2.75) is 20.8 Å². The van der Waals surface area contributed by atoms with Gasteiger partial charge in [0.1, 0.15) is 5.82 Å². The molecule has 0 N–H and O–H groups in total. The molecule has 1 nitrogen and oxygen atoms in total. The molecule has 0 aliphatic heterocycles. The van der Waals surface area contributed by atoms with Gasteiger partial charge >= 0.3 is 0 Å². The van der Waals surface area contributed by atoms with E-state index in [1.165, 1.54) is 6.07 Å². The van der Waals surface area contributed by atoms with E-state index in [-0.39, 0.29) is 11.7 Å². The van der Waals surface area contributed by atoms with E-state index in [4.69, 9.17) is 0 Å². The molecule has 0 radical (unpaired) electrons. The molecule has 0 amide bonds. The van der Waals surface area contributed by atoms with Crippen LogP contribution in [0.5, 0.6) is 0 Å². The Kier molecular flexibility index (Phi) is 4.49. The monoisotopic (exact) mass is 245 g/mol. The van der Waals surface area contributed by atoms with Crippen molar-refractivity contribution in [2.24, 2.45) is 5.92 Å². The molecule has 1 rings (SSSR count). The Morgan fingerprint density at radius 3 is 2.39 bits per heavy atom. The van der Waals surface area contributed by atoms with E-state index in [1.807, 2.05) is 4.90 Å². The fraction of sp³-hybridized carbons (Fsp3) is 0.250. The second-order valence-corrected chi connectivity index (χ2v) is 4.61. The highest BCUT2D eigenvalue weighted by atomic mass is 19.1. The van der Waals surface area contributed by atoms with Crippen molar-refractivity contribution >= 4 is 5.69 Å². The van der Waals surface area contributed by atoms with Gasteiger partial charge in [0.25, 0.3) is 0 Å². The van der Waals surface area contributed by atoms with Gasteiger partial charge in [0.05, 0.1) is 0 Å². The van der Waals surface area contributed by atoms with Crippen LogP contribution in [0.4, 0.5) is 10.1 Å². The van der Waals surface area contributed by atoms with Crippen LogP contribution in [0, 0.1) is 18.7 Å². The molecule has 0 heterocycles. The van der Waals surface area contributed by atoms with Crippen molar-refractivity contribution < 1.29 is 4.39 Å². The van der Waals surface area contributed by atoms with Crippen LogP contribution >= 0.6 is 0 Å². The van der Waals surface area contributed by atoms with Crippen LogP contribution in [-0.2, 0) is 0 Å². The first kappa shape index (κ1) is 14.2. The van der Waals surface area contributed by atoms with Crippen LogP contribution in [0.2, 0.25) is 0 Å². The Morgan fingerprint density at radius 1 is 1.33 bits per heavy atom. The summed E-state index contributed by atoms with van der Waals surface area (Å²) in [6.07, 6.45) is 1.67. The van der Waals surface area contributed by atoms with Crippen LogP contribution in [0.1, 0.15) is 19.4 Å². The Bertz CT molecular complexity index is 486. The number of rotatable bonds is 5. The maximum Gasteiger partial charge on any atom is 0.126 e. The van der Waals surface area contributed by atoms with Crippen molar-refractivity contribution in [3.05, 3.63) is 66.8 Å². The van der Waals surface area contributed by atoms with E-state index >= 15 is 0 Å². The second kappa shape index (κ2) is 5.67. The second-order valence-electron chi connectivity index (χ2n) is 4.61. The molecule has 0 fully saturated rings. The zero-order chi connectivity index (χ0) is 13.9. The van der Waals surface area contributed by atoms with Gasteiger partial charge in [-0.25, -0.2) is 4.39 Å². The molecule has 18 heavy (non-hydrogen) atoms. The number of anilines is 1. The lowest BCUT2D eigenvalue weighted by atomic mass is 10.1. The molecule has 0 spiro atoms. The largest absolute Gasteiger partial charge is 0.315 e. The molecule has 0 atom stereocenters. The third-order valence-electron chi connectivity index (χ3n) is 2.88. The van der Waals surface area contributed by atoms with Gasteiger partial charge in [0, 0.05) is 17.1 Å². The summed E-state index contributed by atoms with van der Waals surface area (Å²) in [4.78, 5) is 1.91. The Labute approximate surface area is 109 Å². The highest BCUT2D eigenvalue weighted by Gasteiger charge is 2.15. The Hall–Kier alpha value is -1.83. The fourth-order valence-corrected chi connectivity index (χ4v) is 1.63. The van der Waals surface area contributed by atoms with Crippen LogP contribution in [-0.4, -0.2) is 0 Å². The van der Waals surface area contributed by atoms with E-state index in [1.54, 1.807) is 25.1 Å². The van der Waals surface area contributed by atoms with Gasteiger partial charge < -0.3 is 4.90 Å². The first-order chi connectivity index (χ1) is 8.38. The summed E-state index contributed by atoms with van der Waals surface area (Å²) in [6, 6.07) is 4.98. The standard InChI is InChI=1S/C16H20FN/c1-7-13(5)18(14(6)11(2)3)15-8-9-16(17)12(4)10-15/h7-11H,1,5-6H2,2-4H3. The summed E-state index contributed by atoms with van der Waals surface area (Å²) in [7, 11) is 0. The van der Waals surface area contributed by atoms with Gasteiger partial charge in [0.15, 0.2) is 0 Å². The normalized spacial score (nSPS) is 10.3. The maximum atomic E-state index is 13.3. The molecule has 96 valence electrons. The Morgan fingerprint density at radius 2 is 1.94 bits per heavy atom. The summed E-state index contributed by atoms with van der Waals surface area (Å²) < 4.78 is 13.3. The van der Waals surface area contributed by atoms with E-state index in [9.17, 15) is 4.39 Å². The van der Waals surface area contributed by atoms with Gasteiger partial charge in [-0.15, -0.1) is 0 Å². The van der Waals surface area contributed by atoms with Gasteiger partial charge in [-0.1, -0.05) is 33.6 Å². The molecular formula is C16H20FN. The van der Waals surface area contributed by atoms with E-state index < -0.39 is 0 Å². The van der Waals surface area contributed by atoms with Crippen molar-refractivity contribution in [2.75, 3.05) is 4.90 Å². The van der Waals surface area contributed by atoms with Crippen molar-refractivity contribution in [1.82, 2.24) is 0 Å². The highest BCUT2D eigenvalue weighted by Crippen LogP contribution is 2.28. The van der Waals surface area contributed by atoms with Gasteiger partial charge in [-0.05, 0) is 42.7 Å². The number of aryl methyl sites for hydroxylation is 1. The SMILES string of the molecule is C=CC(=C)N(C(=C)C(C)C)c1ccc(F)c(C)c1. The lowest BCUT2D eigenvalue weighted by molar-refractivity contribution is 0.618. The van der Waals surface area contributed by atoms with Gasteiger partial charge in [0.2, 0.25) is 0 Å². The molecule has 0 aliphatic carbocycles. The summed E-state index contributed by atoms with van der Waals surface area (Å²) >= 11 is 0. The number of nitrogens with zero attached hydrogens (tertiary/aromatic N) is 1. The molecule has 0 aliphatic rings. The minimum atomic E-state index is -0.210. The van der Waals surface area contributed by atoms with E-state index in [2.05, 4.69) is 33.6 Å². The zero-order valence-electron chi connectivity index (χ0n) is 11.3. The number of hydrogen-bond acceptors (Lipinski definition) is 1. The molecule has 0 saturated carbocycles. The predicted molar refractivity (Wildman–Crippen MR) is 76.9 cm³/mol. The molecule has 0 unspecified atom stereocenters. The fourth-order valence-electron chi connectivity index (χ4n) is 1.63. The molecular weight excluding hydrogens is 225 g/mol. The topological polar surface area (TPSA) is 3.24 Å². The summed E-state index contributed by atoms with van der Waals surface area (Å²) in [5.41, 5.74) is 3.11. The molecule has 0 saturated heterocycles. The lowest BCUT2D eigenvalue weighted by Gasteiger charge is -2.29.